The number of benzene rings is 1. The van der Waals surface area contributed by atoms with Gasteiger partial charge in [-0.25, -0.2) is 4.79 Å². The number of carboxylic acid groups (broad SMARTS) is 1. The van der Waals surface area contributed by atoms with E-state index in [9.17, 15) is 19.5 Å². The van der Waals surface area contributed by atoms with Crippen LogP contribution in [0.2, 0.25) is 0 Å². The minimum absolute atomic E-state index is 0.0463. The van der Waals surface area contributed by atoms with Gasteiger partial charge in [-0.15, -0.1) is 11.8 Å². The standard InChI is InChI=1S/C22H26N2O5S/c1-3-4-11-29-15-8-6-5-7-14(15)22(9-10-22)21(28)23-16-18(25)24-17(20(26)27)13(2)12-30-19(16)24/h5-8,16,19H,3-4,9-12H2,1-2H3,(H,23,28)(H,26,27)/t16-,19-/m1/s1. The number of ether oxygens (including phenoxy) is 1. The number of para-hydroxylation sites is 1. The van der Waals surface area contributed by atoms with Crippen molar-refractivity contribution in [3.05, 3.63) is 41.1 Å². The van der Waals surface area contributed by atoms with E-state index in [2.05, 4.69) is 12.2 Å². The third-order valence-corrected chi connectivity index (χ3v) is 7.41. The molecule has 1 saturated carbocycles. The maximum absolute atomic E-state index is 13.2. The number of hydrogen-bond acceptors (Lipinski definition) is 5. The van der Waals surface area contributed by atoms with E-state index in [1.165, 1.54) is 16.7 Å². The van der Waals surface area contributed by atoms with Crippen molar-refractivity contribution in [1.29, 1.82) is 0 Å². The lowest BCUT2D eigenvalue weighted by Crippen LogP contribution is -2.71. The van der Waals surface area contributed by atoms with Gasteiger partial charge in [0.25, 0.3) is 5.91 Å². The van der Waals surface area contributed by atoms with Crippen molar-refractivity contribution < 1.29 is 24.2 Å². The molecule has 2 heterocycles. The molecule has 1 saturated heterocycles. The number of unbranched alkanes of at least 4 members (excludes halogenated alkanes) is 1. The fourth-order valence-electron chi connectivity index (χ4n) is 4.11. The Kier molecular flexibility index (Phi) is 5.53. The molecule has 7 nitrogen and oxygen atoms in total. The van der Waals surface area contributed by atoms with Gasteiger partial charge >= 0.3 is 5.97 Å². The van der Waals surface area contributed by atoms with E-state index in [0.717, 1.165) is 24.2 Å². The number of nitrogens with one attached hydrogen (secondary N) is 1. The van der Waals surface area contributed by atoms with Crippen LogP contribution in [0.3, 0.4) is 0 Å². The fraction of sp³-hybridized carbons (Fsp3) is 0.500. The van der Waals surface area contributed by atoms with E-state index < -0.39 is 17.4 Å². The molecule has 2 N–H and O–H groups in total. The van der Waals surface area contributed by atoms with Crippen LogP contribution in [-0.4, -0.2) is 51.6 Å². The summed E-state index contributed by atoms with van der Waals surface area (Å²) in [7, 11) is 0. The topological polar surface area (TPSA) is 95.9 Å². The van der Waals surface area contributed by atoms with Crippen molar-refractivity contribution in [2.24, 2.45) is 0 Å². The third kappa shape index (κ3) is 3.37. The maximum Gasteiger partial charge on any atom is 0.352 e. The van der Waals surface area contributed by atoms with Crippen LogP contribution in [-0.2, 0) is 19.8 Å². The first-order valence-electron chi connectivity index (χ1n) is 10.3. The van der Waals surface area contributed by atoms with Crippen LogP contribution >= 0.6 is 11.8 Å². The molecule has 2 amide bonds. The molecule has 0 unspecified atom stereocenters. The zero-order valence-corrected chi connectivity index (χ0v) is 18.0. The Morgan fingerprint density at radius 2 is 2.07 bits per heavy atom. The number of amides is 2. The predicted octanol–water partition coefficient (Wildman–Crippen LogP) is 2.66. The minimum atomic E-state index is -1.10. The number of nitrogens with zero attached hydrogens (tertiary/aromatic N) is 1. The molecule has 160 valence electrons. The fourth-order valence-corrected chi connectivity index (χ4v) is 5.41. The summed E-state index contributed by atoms with van der Waals surface area (Å²) in [5, 5.41) is 12.0. The zero-order chi connectivity index (χ0) is 21.5. The molecule has 2 aliphatic heterocycles. The Morgan fingerprint density at radius 1 is 1.33 bits per heavy atom. The van der Waals surface area contributed by atoms with Crippen LogP contribution in [0.1, 0.15) is 45.1 Å². The summed E-state index contributed by atoms with van der Waals surface area (Å²) in [6.07, 6.45) is 3.38. The molecule has 30 heavy (non-hydrogen) atoms. The number of carbonyl (C=O) groups is 3. The van der Waals surface area contributed by atoms with Crippen LogP contribution in [0.25, 0.3) is 0 Å². The Hall–Kier alpha value is -2.48. The molecular formula is C22H26N2O5S. The van der Waals surface area contributed by atoms with Crippen molar-refractivity contribution in [3.63, 3.8) is 0 Å². The van der Waals surface area contributed by atoms with Gasteiger partial charge in [0.05, 0.1) is 12.0 Å². The largest absolute Gasteiger partial charge is 0.493 e. The summed E-state index contributed by atoms with van der Waals surface area (Å²) < 4.78 is 5.93. The molecule has 0 aromatic heterocycles. The first-order valence-corrected chi connectivity index (χ1v) is 11.4. The second kappa shape index (κ2) is 7.98. The molecule has 3 aliphatic rings. The third-order valence-electron chi connectivity index (χ3n) is 5.99. The smallest absolute Gasteiger partial charge is 0.352 e. The summed E-state index contributed by atoms with van der Waals surface area (Å²) >= 11 is 1.48. The maximum atomic E-state index is 13.2. The summed E-state index contributed by atoms with van der Waals surface area (Å²) in [5.41, 5.74) is 0.897. The van der Waals surface area contributed by atoms with Gasteiger partial charge in [0.1, 0.15) is 22.9 Å². The van der Waals surface area contributed by atoms with Gasteiger partial charge in [-0.1, -0.05) is 31.5 Å². The van der Waals surface area contributed by atoms with E-state index in [1.807, 2.05) is 24.3 Å². The molecule has 1 aromatic rings. The number of aliphatic carboxylic acids is 1. The second-order valence-corrected chi connectivity index (χ2v) is 9.18. The monoisotopic (exact) mass is 430 g/mol. The van der Waals surface area contributed by atoms with E-state index >= 15 is 0 Å². The van der Waals surface area contributed by atoms with Crippen molar-refractivity contribution >= 4 is 29.5 Å². The van der Waals surface area contributed by atoms with Crippen LogP contribution in [0.15, 0.2) is 35.5 Å². The zero-order valence-electron chi connectivity index (χ0n) is 17.1. The van der Waals surface area contributed by atoms with Gasteiger partial charge in [-0.05, 0) is 37.8 Å². The number of β-lactam (4-membered cyclic amide) rings is 1. The van der Waals surface area contributed by atoms with Crippen LogP contribution in [0.5, 0.6) is 5.75 Å². The number of carbonyl (C=O) groups excluding carboxylic acids is 2. The molecule has 0 radical (unpaired) electrons. The Balaban J connectivity index is 1.50. The van der Waals surface area contributed by atoms with Gasteiger partial charge in [-0.3, -0.25) is 14.5 Å². The molecule has 1 aromatic carbocycles. The lowest BCUT2D eigenvalue weighted by Gasteiger charge is -2.49. The van der Waals surface area contributed by atoms with Gasteiger partial charge in [-0.2, -0.15) is 0 Å². The highest BCUT2D eigenvalue weighted by molar-refractivity contribution is 8.00. The Bertz CT molecular complexity index is 924. The highest BCUT2D eigenvalue weighted by atomic mass is 32.2. The average molecular weight is 431 g/mol. The summed E-state index contributed by atoms with van der Waals surface area (Å²) in [6, 6.07) is 6.91. The molecule has 2 fully saturated rings. The van der Waals surface area contributed by atoms with E-state index in [1.54, 1.807) is 6.92 Å². The van der Waals surface area contributed by atoms with E-state index in [-0.39, 0.29) is 22.9 Å². The van der Waals surface area contributed by atoms with Crippen molar-refractivity contribution in [2.45, 2.75) is 56.4 Å². The van der Waals surface area contributed by atoms with Gasteiger partial charge in [0.2, 0.25) is 5.91 Å². The van der Waals surface area contributed by atoms with Crippen LogP contribution < -0.4 is 10.1 Å². The minimum Gasteiger partial charge on any atom is -0.493 e. The number of fused-ring (bicyclic) bond motifs is 1. The summed E-state index contributed by atoms with van der Waals surface area (Å²) in [4.78, 5) is 38.8. The SMILES string of the molecule is CCCCOc1ccccc1C1(C(=O)N[C@@H]2C(=O)N3C(C(=O)O)=C(C)CS[C@H]23)CC1. The van der Waals surface area contributed by atoms with Gasteiger partial charge in [0.15, 0.2) is 0 Å². The summed E-state index contributed by atoms with van der Waals surface area (Å²) in [6.45, 7) is 4.42. The van der Waals surface area contributed by atoms with Crippen LogP contribution in [0, 0.1) is 0 Å². The van der Waals surface area contributed by atoms with Crippen LogP contribution in [0.4, 0.5) is 0 Å². The normalized spacial score (nSPS) is 24.1. The molecular weight excluding hydrogens is 404 g/mol. The average Bonchev–Trinajstić information content (AvgIpc) is 3.54. The van der Waals surface area contributed by atoms with E-state index in [0.29, 0.717) is 30.8 Å². The first-order chi connectivity index (χ1) is 14.4. The Labute approximate surface area is 179 Å². The molecule has 0 spiro atoms. The van der Waals surface area contributed by atoms with Crippen molar-refractivity contribution in [2.75, 3.05) is 12.4 Å². The number of thioether (sulfide) groups is 1. The van der Waals surface area contributed by atoms with Crippen molar-refractivity contribution in [3.8, 4) is 5.75 Å². The quantitative estimate of drug-likeness (QED) is 0.486. The highest BCUT2D eigenvalue weighted by Crippen LogP contribution is 2.52. The first kappa shape index (κ1) is 20.8. The number of rotatable bonds is 8. The molecule has 1 aliphatic carbocycles. The lowest BCUT2D eigenvalue weighted by atomic mass is 9.92. The van der Waals surface area contributed by atoms with Gasteiger partial charge in [0, 0.05) is 11.3 Å². The Morgan fingerprint density at radius 3 is 2.73 bits per heavy atom. The lowest BCUT2D eigenvalue weighted by molar-refractivity contribution is -0.151. The number of hydrogen-bond donors (Lipinski definition) is 2. The summed E-state index contributed by atoms with van der Waals surface area (Å²) in [5.74, 6) is -0.398. The second-order valence-electron chi connectivity index (χ2n) is 8.08. The predicted molar refractivity (Wildman–Crippen MR) is 113 cm³/mol. The van der Waals surface area contributed by atoms with Crippen molar-refractivity contribution in [1.82, 2.24) is 10.2 Å². The molecule has 0 bridgehead atoms. The molecule has 4 rings (SSSR count). The van der Waals surface area contributed by atoms with E-state index in [4.69, 9.17) is 4.74 Å². The molecule has 2 atom stereocenters. The highest BCUT2D eigenvalue weighted by Gasteiger charge is 2.58. The molecule has 8 heteroatoms. The van der Waals surface area contributed by atoms with Gasteiger partial charge < -0.3 is 15.2 Å². The number of carboxylic acids is 1.